The lowest BCUT2D eigenvalue weighted by Crippen LogP contribution is -2.19. The van der Waals surface area contributed by atoms with E-state index in [0.717, 1.165) is 12.0 Å². The summed E-state index contributed by atoms with van der Waals surface area (Å²) in [6, 6.07) is 15.2. The fourth-order valence-electron chi connectivity index (χ4n) is 3.02. The fourth-order valence-corrected chi connectivity index (χ4v) is 4.21. The Morgan fingerprint density at radius 1 is 1.00 bits per heavy atom. The average molecular weight is 389 g/mol. The van der Waals surface area contributed by atoms with E-state index in [1.807, 2.05) is 37.3 Å². The Bertz CT molecular complexity index is 864. The summed E-state index contributed by atoms with van der Waals surface area (Å²) in [6.07, 6.45) is 1.79. The molecule has 0 bridgehead atoms. The van der Waals surface area contributed by atoms with Gasteiger partial charge in [-0.2, -0.15) is 0 Å². The summed E-state index contributed by atoms with van der Waals surface area (Å²) >= 11 is 0. The summed E-state index contributed by atoms with van der Waals surface area (Å²) in [4.78, 5) is 12.6. The van der Waals surface area contributed by atoms with Gasteiger partial charge >= 0.3 is 0 Å². The Labute approximate surface area is 162 Å². The van der Waals surface area contributed by atoms with E-state index in [1.54, 1.807) is 25.1 Å². The summed E-state index contributed by atoms with van der Waals surface area (Å²) in [5, 5.41) is 2.93. The van der Waals surface area contributed by atoms with Crippen molar-refractivity contribution >= 4 is 27.3 Å². The number of hydrogen-bond acceptors (Lipinski definition) is 3. The lowest BCUT2D eigenvalue weighted by atomic mass is 9.93. The van der Waals surface area contributed by atoms with Gasteiger partial charge in [0.05, 0.1) is 11.4 Å². The van der Waals surface area contributed by atoms with Crippen LogP contribution in [0, 0.1) is 6.92 Å². The van der Waals surface area contributed by atoms with Crippen LogP contribution in [-0.4, -0.2) is 20.1 Å². The van der Waals surface area contributed by atoms with Gasteiger partial charge in [-0.15, -0.1) is 0 Å². The molecular weight excluding hydrogens is 360 g/mol. The maximum absolute atomic E-state index is 12.6. The Morgan fingerprint density at radius 2 is 1.67 bits per heavy atom. The number of amides is 1. The van der Waals surface area contributed by atoms with Crippen molar-refractivity contribution in [2.75, 3.05) is 15.8 Å². The number of hydrogen-bond donors (Lipinski definition) is 2. The average Bonchev–Trinajstić information content (AvgIpc) is 2.63. The highest BCUT2D eigenvalue weighted by Gasteiger charge is 2.16. The van der Waals surface area contributed by atoms with Crippen LogP contribution in [0.4, 0.5) is 11.4 Å². The molecule has 0 aliphatic heterocycles. The van der Waals surface area contributed by atoms with Crippen molar-refractivity contribution in [3.8, 4) is 0 Å². The zero-order valence-corrected chi connectivity index (χ0v) is 17.0. The summed E-state index contributed by atoms with van der Waals surface area (Å²) in [6.45, 7) is 5.69. The second kappa shape index (κ2) is 9.55. The number of carbonyl (C=O) groups is 1. The largest absolute Gasteiger partial charge is 0.326 e. The van der Waals surface area contributed by atoms with Gasteiger partial charge in [-0.1, -0.05) is 50.2 Å². The molecule has 0 aliphatic carbocycles. The first-order chi connectivity index (χ1) is 12.9. The molecular formula is C21H28N2O3S. The Morgan fingerprint density at radius 3 is 2.30 bits per heavy atom. The predicted molar refractivity (Wildman–Crippen MR) is 112 cm³/mol. The number of anilines is 2. The highest BCUT2D eigenvalue weighted by molar-refractivity contribution is 7.92. The molecule has 0 fully saturated rings. The van der Waals surface area contributed by atoms with E-state index < -0.39 is 10.0 Å². The first-order valence-electron chi connectivity index (χ1n) is 9.31. The van der Waals surface area contributed by atoms with Gasteiger partial charge < -0.3 is 5.32 Å². The Hall–Kier alpha value is -2.34. The molecule has 6 heteroatoms. The quantitative estimate of drug-likeness (QED) is 0.655. The third-order valence-electron chi connectivity index (χ3n) is 4.54. The van der Waals surface area contributed by atoms with E-state index in [1.165, 1.54) is 0 Å². The molecule has 2 aromatic rings. The van der Waals surface area contributed by atoms with E-state index >= 15 is 0 Å². The molecule has 0 saturated carbocycles. The topological polar surface area (TPSA) is 75.3 Å². The molecule has 0 aliphatic rings. The molecule has 27 heavy (non-hydrogen) atoms. The first-order valence-corrected chi connectivity index (χ1v) is 11.0. The fraction of sp³-hybridized carbons (Fsp3) is 0.381. The van der Waals surface area contributed by atoms with Crippen LogP contribution in [0.5, 0.6) is 0 Å². The first kappa shape index (κ1) is 21.0. The zero-order valence-electron chi connectivity index (χ0n) is 16.2. The highest BCUT2D eigenvalue weighted by atomic mass is 32.2. The minimum absolute atomic E-state index is 0.0677. The Balaban J connectivity index is 2.10. The van der Waals surface area contributed by atoms with Crippen LogP contribution in [0.15, 0.2) is 48.5 Å². The molecule has 0 radical (unpaired) electrons. The number of rotatable bonds is 9. The smallest absolute Gasteiger partial charge is 0.232 e. The van der Waals surface area contributed by atoms with E-state index in [4.69, 9.17) is 0 Å². The van der Waals surface area contributed by atoms with Crippen molar-refractivity contribution in [1.82, 2.24) is 0 Å². The van der Waals surface area contributed by atoms with Crippen LogP contribution in [0.2, 0.25) is 0 Å². The predicted octanol–water partition coefficient (Wildman–Crippen LogP) is 4.67. The minimum Gasteiger partial charge on any atom is -0.326 e. The third-order valence-corrected chi connectivity index (χ3v) is 6.02. The summed E-state index contributed by atoms with van der Waals surface area (Å²) in [5.74, 6) is 0.137. The van der Waals surface area contributed by atoms with Gasteiger partial charge in [0, 0.05) is 12.1 Å². The normalized spacial score (nSPS) is 12.4. The Kier molecular flexibility index (Phi) is 7.42. The van der Waals surface area contributed by atoms with Crippen molar-refractivity contribution in [2.45, 2.75) is 46.0 Å². The number of carbonyl (C=O) groups excluding carboxylic acids is 1. The minimum atomic E-state index is -3.37. The van der Waals surface area contributed by atoms with Gasteiger partial charge in [0.1, 0.15) is 0 Å². The van der Waals surface area contributed by atoms with Gasteiger partial charge in [-0.3, -0.25) is 9.52 Å². The van der Waals surface area contributed by atoms with E-state index in [0.29, 0.717) is 29.8 Å². The van der Waals surface area contributed by atoms with Crippen LogP contribution in [0.3, 0.4) is 0 Å². The monoisotopic (exact) mass is 388 g/mol. The lowest BCUT2D eigenvalue weighted by Gasteiger charge is -2.17. The van der Waals surface area contributed by atoms with Crippen LogP contribution in [0.25, 0.3) is 0 Å². The molecule has 1 unspecified atom stereocenters. The molecule has 1 atom stereocenters. The molecule has 1 amide bonds. The molecule has 2 rings (SSSR count). The lowest BCUT2D eigenvalue weighted by molar-refractivity contribution is -0.116. The second-order valence-corrected chi connectivity index (χ2v) is 8.51. The van der Waals surface area contributed by atoms with Crippen LogP contribution >= 0.6 is 0 Å². The van der Waals surface area contributed by atoms with Gasteiger partial charge in [0.25, 0.3) is 0 Å². The third kappa shape index (κ3) is 6.10. The molecule has 0 heterocycles. The molecule has 146 valence electrons. The maximum atomic E-state index is 12.6. The molecule has 2 N–H and O–H groups in total. The number of sulfonamides is 1. The van der Waals surface area contributed by atoms with E-state index in [-0.39, 0.29) is 17.6 Å². The van der Waals surface area contributed by atoms with Crippen LogP contribution < -0.4 is 10.0 Å². The van der Waals surface area contributed by atoms with E-state index in [9.17, 15) is 13.2 Å². The van der Waals surface area contributed by atoms with Gasteiger partial charge in [0.2, 0.25) is 15.9 Å². The summed E-state index contributed by atoms with van der Waals surface area (Å²) in [5.41, 5.74) is 2.97. The van der Waals surface area contributed by atoms with E-state index in [2.05, 4.69) is 17.0 Å². The van der Waals surface area contributed by atoms with Gasteiger partial charge in [-0.25, -0.2) is 8.42 Å². The number of benzene rings is 2. The molecule has 0 saturated heterocycles. The molecule has 2 aromatic carbocycles. The van der Waals surface area contributed by atoms with Crippen molar-refractivity contribution in [3.63, 3.8) is 0 Å². The standard InChI is InChI=1S/C21H28N2O3S/c1-4-14-27(25,26)23-20-13-9-12-19(16(20)3)22-21(24)15-17(5-2)18-10-7-6-8-11-18/h6-13,17,23H,4-5,14-15H2,1-3H3,(H,22,24). The van der Waals surface area contributed by atoms with Crippen molar-refractivity contribution in [3.05, 3.63) is 59.7 Å². The van der Waals surface area contributed by atoms with Crippen LogP contribution in [0.1, 0.15) is 50.2 Å². The second-order valence-electron chi connectivity index (χ2n) is 6.67. The zero-order chi connectivity index (χ0) is 19.9. The van der Waals surface area contributed by atoms with Gasteiger partial charge in [-0.05, 0) is 48.9 Å². The van der Waals surface area contributed by atoms with Crippen molar-refractivity contribution in [2.24, 2.45) is 0 Å². The molecule has 5 nitrogen and oxygen atoms in total. The number of nitrogens with one attached hydrogen (secondary N) is 2. The highest BCUT2D eigenvalue weighted by Crippen LogP contribution is 2.27. The van der Waals surface area contributed by atoms with Crippen molar-refractivity contribution in [1.29, 1.82) is 0 Å². The molecule has 0 spiro atoms. The molecule has 0 aromatic heterocycles. The van der Waals surface area contributed by atoms with Crippen molar-refractivity contribution < 1.29 is 13.2 Å². The SMILES string of the molecule is CCCS(=O)(=O)Nc1cccc(NC(=O)CC(CC)c2ccccc2)c1C. The van der Waals surface area contributed by atoms with Gasteiger partial charge in [0.15, 0.2) is 0 Å². The van der Waals surface area contributed by atoms with Crippen LogP contribution in [-0.2, 0) is 14.8 Å². The summed E-state index contributed by atoms with van der Waals surface area (Å²) < 4.78 is 26.7. The maximum Gasteiger partial charge on any atom is 0.232 e. The summed E-state index contributed by atoms with van der Waals surface area (Å²) in [7, 11) is -3.37.